The molecule has 0 bridgehead atoms. The molecule has 4 rings (SSSR count). The summed E-state index contributed by atoms with van der Waals surface area (Å²) < 4.78 is 148. The van der Waals surface area contributed by atoms with Crippen LogP contribution in [0.3, 0.4) is 0 Å². The summed E-state index contributed by atoms with van der Waals surface area (Å²) in [4.78, 5) is -1.27. The van der Waals surface area contributed by atoms with E-state index in [9.17, 15) is 50.5 Å². The molecule has 0 amide bonds. The van der Waals surface area contributed by atoms with E-state index >= 15 is 0 Å². The topological polar surface area (TPSA) is 253 Å². The Bertz CT molecular complexity index is 2020. The van der Waals surface area contributed by atoms with Crippen molar-refractivity contribution >= 4 is 83.7 Å². The molecule has 0 heterocycles. The van der Waals surface area contributed by atoms with Crippen molar-refractivity contribution in [1.82, 2.24) is 16.5 Å². The average Bonchev–Trinajstić information content (AvgIpc) is 3.01. The second-order valence-electron chi connectivity index (χ2n) is 8.71. The summed E-state index contributed by atoms with van der Waals surface area (Å²) in [6.07, 6.45) is 0. The zero-order chi connectivity index (χ0) is 37.0. The molecule has 4 aromatic rings. The number of halogens is 2. The van der Waals surface area contributed by atoms with Crippen LogP contribution in [-0.2, 0) is 60.5 Å². The largest absolute Gasteiger partial charge is 0.303 e. The lowest BCUT2D eigenvalue weighted by Crippen LogP contribution is -2.42. The standard InChI is InChI=1S/2C12H12N2O6S3.CH2Cl2/c2*15-21(16,11-7-3-1-4-8-11)13-23(19,20)14-22(17,18)12-9-5-2-6-10-12;2-1-3/h2*1-10,13-14H;1H2. The number of hydrogen-bond acceptors (Lipinski definition) is 12. The zero-order valence-electron chi connectivity index (χ0n) is 24.4. The first-order valence-corrected chi connectivity index (χ1v) is 22.6. The molecule has 49 heavy (non-hydrogen) atoms. The Hall–Kier alpha value is -3.00. The molecule has 0 spiro atoms. The fourth-order valence-corrected chi connectivity index (χ4v) is 12.3. The van der Waals surface area contributed by atoms with E-state index in [-0.39, 0.29) is 24.9 Å². The van der Waals surface area contributed by atoms with Gasteiger partial charge in [0.15, 0.2) is 0 Å². The summed E-state index contributed by atoms with van der Waals surface area (Å²) in [5.41, 5.74) is 0. The van der Waals surface area contributed by atoms with Gasteiger partial charge in [0.05, 0.1) is 24.9 Å². The van der Waals surface area contributed by atoms with Gasteiger partial charge in [0.2, 0.25) is 0 Å². The van der Waals surface area contributed by atoms with Crippen molar-refractivity contribution in [3.63, 3.8) is 0 Å². The van der Waals surface area contributed by atoms with Crippen LogP contribution in [0, 0.1) is 0 Å². The van der Waals surface area contributed by atoms with Gasteiger partial charge in [0, 0.05) is 0 Å². The minimum absolute atomic E-state index is 0.194. The fourth-order valence-electron chi connectivity index (χ4n) is 3.20. The molecule has 0 saturated carbocycles. The van der Waals surface area contributed by atoms with Gasteiger partial charge in [-0.3, -0.25) is 0 Å². The highest BCUT2D eigenvalue weighted by atomic mass is 35.5. The van der Waals surface area contributed by atoms with Crippen molar-refractivity contribution in [1.29, 1.82) is 0 Å². The molecule has 0 unspecified atom stereocenters. The molecule has 0 aromatic heterocycles. The molecule has 0 aliphatic heterocycles. The van der Waals surface area contributed by atoms with E-state index < -0.39 is 60.5 Å². The van der Waals surface area contributed by atoms with Gasteiger partial charge in [-0.2, -0.15) is 16.8 Å². The minimum atomic E-state index is -4.87. The molecule has 0 atom stereocenters. The lowest BCUT2D eigenvalue weighted by molar-refractivity contribution is 0.563. The first kappa shape index (κ1) is 42.2. The van der Waals surface area contributed by atoms with E-state index in [0.29, 0.717) is 0 Å². The quantitative estimate of drug-likeness (QED) is 0.149. The lowest BCUT2D eigenvalue weighted by Gasteiger charge is -2.09. The summed E-state index contributed by atoms with van der Waals surface area (Å²) >= 11 is 9.53. The zero-order valence-corrected chi connectivity index (χ0v) is 30.8. The van der Waals surface area contributed by atoms with Crippen LogP contribution in [0.25, 0.3) is 0 Å². The van der Waals surface area contributed by atoms with E-state index in [1.807, 2.05) is 0 Å². The van der Waals surface area contributed by atoms with Gasteiger partial charge in [-0.25, -0.2) is 33.7 Å². The van der Waals surface area contributed by atoms with Gasteiger partial charge >= 0.3 is 20.4 Å². The Morgan fingerprint density at radius 2 is 0.469 bits per heavy atom. The predicted octanol–water partition coefficient (Wildman–Crippen LogP) is 1.80. The Balaban J connectivity index is 0.000000315. The SMILES string of the molecule is ClCCl.O=S(=O)(NS(=O)(=O)c1ccccc1)NS(=O)(=O)c1ccccc1.O=S(=O)(NS(=O)(=O)c1ccccc1)NS(=O)(=O)c1ccccc1. The van der Waals surface area contributed by atoms with Crippen molar-refractivity contribution < 1.29 is 50.5 Å². The number of sulfonamides is 4. The maximum atomic E-state index is 11.9. The van der Waals surface area contributed by atoms with E-state index in [2.05, 4.69) is 0 Å². The fraction of sp³-hybridized carbons (Fsp3) is 0.0400. The molecule has 0 fully saturated rings. The van der Waals surface area contributed by atoms with Crippen LogP contribution < -0.4 is 16.5 Å². The lowest BCUT2D eigenvalue weighted by atomic mass is 10.4. The molecule has 268 valence electrons. The number of benzene rings is 4. The average molecular weight is 838 g/mol. The van der Waals surface area contributed by atoms with Gasteiger partial charge < -0.3 is 0 Å². The van der Waals surface area contributed by atoms with Crippen LogP contribution in [0.5, 0.6) is 0 Å². The van der Waals surface area contributed by atoms with Crippen LogP contribution in [0.15, 0.2) is 141 Å². The highest BCUT2D eigenvalue weighted by molar-refractivity contribution is 8.10. The normalized spacial score (nSPS) is 12.4. The molecule has 0 saturated heterocycles. The summed E-state index contributed by atoms with van der Waals surface area (Å²) in [6.45, 7) is 0. The molecule has 0 radical (unpaired) electrons. The Kier molecular flexibility index (Phi) is 15.3. The highest BCUT2D eigenvalue weighted by Gasteiger charge is 2.29. The third-order valence-electron chi connectivity index (χ3n) is 5.09. The van der Waals surface area contributed by atoms with Crippen molar-refractivity contribution in [2.24, 2.45) is 0 Å². The van der Waals surface area contributed by atoms with Crippen molar-refractivity contribution in [2.45, 2.75) is 19.6 Å². The van der Waals surface area contributed by atoms with Crippen molar-refractivity contribution in [3.8, 4) is 0 Å². The summed E-state index contributed by atoms with van der Waals surface area (Å²) in [5, 5.41) is 0.194. The van der Waals surface area contributed by atoms with Crippen LogP contribution >= 0.6 is 23.2 Å². The van der Waals surface area contributed by atoms with E-state index in [1.165, 1.54) is 114 Å². The molecule has 0 aliphatic carbocycles. The molecule has 24 heteroatoms. The maximum Gasteiger partial charge on any atom is 0.303 e. The summed E-state index contributed by atoms with van der Waals surface area (Å²) in [7, 11) is -27.5. The van der Waals surface area contributed by atoms with Gasteiger partial charge in [0.1, 0.15) is 0 Å². The number of hydrogen-bond donors (Lipinski definition) is 4. The third-order valence-corrected chi connectivity index (χ3v) is 15.7. The van der Waals surface area contributed by atoms with E-state index in [4.69, 9.17) is 23.2 Å². The number of alkyl halides is 2. The molecule has 4 N–H and O–H groups in total. The second-order valence-corrected chi connectivity index (χ2v) is 20.1. The first-order chi connectivity index (χ1) is 22.7. The first-order valence-electron chi connectivity index (χ1n) is 12.6. The van der Waals surface area contributed by atoms with Gasteiger partial charge in [-0.05, 0) is 48.5 Å². The van der Waals surface area contributed by atoms with Crippen molar-refractivity contribution in [3.05, 3.63) is 121 Å². The molecular formula is C25H26Cl2N4O12S6. The van der Waals surface area contributed by atoms with Gasteiger partial charge in [0.25, 0.3) is 40.1 Å². The summed E-state index contributed by atoms with van der Waals surface area (Å²) in [5.74, 6) is 0. The minimum Gasteiger partial charge on any atom is -0.206 e. The molecule has 4 aromatic carbocycles. The third kappa shape index (κ3) is 14.0. The van der Waals surface area contributed by atoms with Gasteiger partial charge in [-0.15, -0.1) is 23.2 Å². The second kappa shape index (κ2) is 17.8. The monoisotopic (exact) mass is 836 g/mol. The summed E-state index contributed by atoms with van der Waals surface area (Å²) in [6, 6.07) is 26.7. The van der Waals surface area contributed by atoms with Gasteiger partial charge in [-0.1, -0.05) is 89.3 Å². The Morgan fingerprint density at radius 1 is 0.327 bits per heavy atom. The van der Waals surface area contributed by atoms with Crippen LogP contribution in [0.1, 0.15) is 0 Å². The van der Waals surface area contributed by atoms with E-state index in [0.717, 1.165) is 0 Å². The van der Waals surface area contributed by atoms with Crippen LogP contribution in [0.4, 0.5) is 0 Å². The Labute approximate surface area is 295 Å². The highest BCUT2D eigenvalue weighted by Crippen LogP contribution is 2.12. The smallest absolute Gasteiger partial charge is 0.206 e. The van der Waals surface area contributed by atoms with E-state index in [1.54, 1.807) is 24.3 Å². The molecule has 0 aliphatic rings. The van der Waals surface area contributed by atoms with Crippen LogP contribution in [0.2, 0.25) is 0 Å². The maximum absolute atomic E-state index is 11.9. The Morgan fingerprint density at radius 3 is 0.612 bits per heavy atom. The van der Waals surface area contributed by atoms with Crippen molar-refractivity contribution in [2.75, 3.05) is 5.34 Å². The van der Waals surface area contributed by atoms with Crippen LogP contribution in [-0.4, -0.2) is 55.8 Å². The number of rotatable bonds is 12. The number of nitrogens with one attached hydrogen (secondary N) is 4. The molecule has 16 nitrogen and oxygen atoms in total. The predicted molar refractivity (Wildman–Crippen MR) is 181 cm³/mol. The molecular weight excluding hydrogens is 812 g/mol.